The molecule has 6 heteroatoms. The first-order valence-electron chi connectivity index (χ1n) is 7.89. The monoisotopic (exact) mass is 360 g/mol. The summed E-state index contributed by atoms with van der Waals surface area (Å²) in [7, 11) is 0. The SMILES string of the molecule is Cc1ccc(C(=O)[C@@H](C)OC(=O)/C=C/c2ccc(OC(F)F)cc2)cc1. The van der Waals surface area contributed by atoms with Crippen LogP contribution < -0.4 is 4.74 Å². The molecule has 136 valence electrons. The molecule has 0 unspecified atom stereocenters. The van der Waals surface area contributed by atoms with E-state index < -0.39 is 18.7 Å². The van der Waals surface area contributed by atoms with Gasteiger partial charge < -0.3 is 9.47 Å². The van der Waals surface area contributed by atoms with E-state index in [-0.39, 0.29) is 11.5 Å². The molecule has 26 heavy (non-hydrogen) atoms. The summed E-state index contributed by atoms with van der Waals surface area (Å²) in [4.78, 5) is 24.1. The van der Waals surface area contributed by atoms with Gasteiger partial charge in [0.25, 0.3) is 0 Å². The third kappa shape index (κ3) is 5.81. The number of hydrogen-bond acceptors (Lipinski definition) is 4. The van der Waals surface area contributed by atoms with E-state index in [0.29, 0.717) is 11.1 Å². The van der Waals surface area contributed by atoms with E-state index in [1.54, 1.807) is 12.1 Å². The topological polar surface area (TPSA) is 52.6 Å². The quantitative estimate of drug-likeness (QED) is 0.417. The van der Waals surface area contributed by atoms with Gasteiger partial charge in [-0.25, -0.2) is 4.79 Å². The number of esters is 1. The summed E-state index contributed by atoms with van der Waals surface area (Å²) in [6.45, 7) is 0.526. The summed E-state index contributed by atoms with van der Waals surface area (Å²) < 4.78 is 33.5. The highest BCUT2D eigenvalue weighted by Gasteiger charge is 2.18. The van der Waals surface area contributed by atoms with Crippen LogP contribution in [0.3, 0.4) is 0 Å². The predicted molar refractivity (Wildman–Crippen MR) is 93.2 cm³/mol. The van der Waals surface area contributed by atoms with E-state index >= 15 is 0 Å². The molecule has 0 saturated carbocycles. The summed E-state index contributed by atoms with van der Waals surface area (Å²) in [5.41, 5.74) is 2.09. The lowest BCUT2D eigenvalue weighted by molar-refractivity contribution is -0.140. The maximum atomic E-state index is 12.2. The third-order valence-corrected chi connectivity index (χ3v) is 3.52. The Morgan fingerprint density at radius 2 is 1.62 bits per heavy atom. The van der Waals surface area contributed by atoms with E-state index in [4.69, 9.17) is 4.74 Å². The molecule has 2 aromatic carbocycles. The zero-order valence-corrected chi connectivity index (χ0v) is 14.3. The number of alkyl halides is 2. The summed E-state index contributed by atoms with van der Waals surface area (Å²) in [5.74, 6) is -0.942. The molecule has 0 amide bonds. The molecule has 1 atom stereocenters. The number of ketones is 1. The normalized spacial score (nSPS) is 12.2. The fraction of sp³-hybridized carbons (Fsp3) is 0.200. The highest BCUT2D eigenvalue weighted by Crippen LogP contribution is 2.16. The second kappa shape index (κ2) is 8.89. The summed E-state index contributed by atoms with van der Waals surface area (Å²) in [5, 5.41) is 0. The van der Waals surface area contributed by atoms with Gasteiger partial charge >= 0.3 is 12.6 Å². The number of ether oxygens (including phenoxy) is 2. The Morgan fingerprint density at radius 1 is 1.00 bits per heavy atom. The van der Waals surface area contributed by atoms with Crippen molar-refractivity contribution in [1.82, 2.24) is 0 Å². The van der Waals surface area contributed by atoms with Crippen LogP contribution in [0.25, 0.3) is 6.08 Å². The molecule has 0 aromatic heterocycles. The molecule has 0 fully saturated rings. The molecular formula is C20H18F2O4. The van der Waals surface area contributed by atoms with Gasteiger partial charge in [0.05, 0.1) is 0 Å². The standard InChI is InChI=1S/C20H18F2O4/c1-13-3-8-16(9-4-13)19(24)14(2)25-18(23)12-7-15-5-10-17(11-6-15)26-20(21)22/h3-12,14,20H,1-2H3/b12-7+/t14-/m1/s1. The highest BCUT2D eigenvalue weighted by molar-refractivity contribution is 6.01. The van der Waals surface area contributed by atoms with Crippen LogP contribution in [0, 0.1) is 6.92 Å². The van der Waals surface area contributed by atoms with Crippen molar-refractivity contribution in [2.45, 2.75) is 26.6 Å². The lowest BCUT2D eigenvalue weighted by Gasteiger charge is -2.11. The van der Waals surface area contributed by atoms with Crippen LogP contribution in [0.5, 0.6) is 5.75 Å². The molecular weight excluding hydrogens is 342 g/mol. The van der Waals surface area contributed by atoms with Crippen molar-refractivity contribution in [1.29, 1.82) is 0 Å². The van der Waals surface area contributed by atoms with Gasteiger partial charge in [-0.2, -0.15) is 8.78 Å². The van der Waals surface area contributed by atoms with Gasteiger partial charge in [-0.15, -0.1) is 0 Å². The fourth-order valence-electron chi connectivity index (χ4n) is 2.14. The lowest BCUT2D eigenvalue weighted by Crippen LogP contribution is -2.23. The van der Waals surface area contributed by atoms with E-state index in [9.17, 15) is 18.4 Å². The smallest absolute Gasteiger partial charge is 0.387 e. The minimum atomic E-state index is -2.89. The molecule has 0 heterocycles. The second-order valence-corrected chi connectivity index (χ2v) is 5.59. The largest absolute Gasteiger partial charge is 0.451 e. The number of benzene rings is 2. The number of carbonyl (C=O) groups is 2. The second-order valence-electron chi connectivity index (χ2n) is 5.59. The van der Waals surface area contributed by atoms with Gasteiger partial charge in [0.15, 0.2) is 6.10 Å². The molecule has 0 radical (unpaired) electrons. The molecule has 0 aliphatic rings. The predicted octanol–water partition coefficient (Wildman–Crippen LogP) is 4.42. The third-order valence-electron chi connectivity index (χ3n) is 3.52. The Kier molecular flexibility index (Phi) is 6.60. The Hall–Kier alpha value is -3.02. The van der Waals surface area contributed by atoms with E-state index in [1.165, 1.54) is 43.3 Å². The van der Waals surface area contributed by atoms with Gasteiger partial charge in [-0.05, 0) is 37.6 Å². The number of halogens is 2. The minimum absolute atomic E-state index is 0.0250. The van der Waals surface area contributed by atoms with Gasteiger partial charge in [0, 0.05) is 11.6 Å². The van der Waals surface area contributed by atoms with Crippen LogP contribution >= 0.6 is 0 Å². The Morgan fingerprint density at radius 3 is 2.19 bits per heavy atom. The number of Topliss-reactive ketones (excluding diaryl/α,β-unsaturated/α-hetero) is 1. The average Bonchev–Trinajstić information content (AvgIpc) is 2.60. The van der Waals surface area contributed by atoms with Crippen LogP contribution in [0.2, 0.25) is 0 Å². The van der Waals surface area contributed by atoms with Crippen LogP contribution in [-0.4, -0.2) is 24.5 Å². The van der Waals surface area contributed by atoms with Crippen LogP contribution in [0.1, 0.15) is 28.4 Å². The Balaban J connectivity index is 1.91. The van der Waals surface area contributed by atoms with Crippen molar-refractivity contribution in [3.05, 3.63) is 71.3 Å². The minimum Gasteiger partial charge on any atom is -0.451 e. The lowest BCUT2D eigenvalue weighted by atomic mass is 10.1. The van der Waals surface area contributed by atoms with Gasteiger partial charge in [-0.1, -0.05) is 42.0 Å². The van der Waals surface area contributed by atoms with E-state index in [1.807, 2.05) is 19.1 Å². The molecule has 2 rings (SSSR count). The van der Waals surface area contributed by atoms with Gasteiger partial charge in [-0.3, -0.25) is 4.79 Å². The first-order chi connectivity index (χ1) is 12.3. The number of rotatable bonds is 7. The molecule has 0 bridgehead atoms. The molecule has 0 spiro atoms. The summed E-state index contributed by atoms with van der Waals surface area (Å²) >= 11 is 0. The zero-order valence-electron chi connectivity index (χ0n) is 14.3. The molecule has 0 N–H and O–H groups in total. The summed E-state index contributed by atoms with van der Waals surface area (Å²) in [6.07, 6.45) is 1.70. The van der Waals surface area contributed by atoms with Gasteiger partial charge in [0.1, 0.15) is 5.75 Å². The first-order valence-corrected chi connectivity index (χ1v) is 7.89. The Bertz CT molecular complexity index is 780. The van der Waals surface area contributed by atoms with Crippen molar-refractivity contribution in [2.24, 2.45) is 0 Å². The molecule has 0 aliphatic heterocycles. The highest BCUT2D eigenvalue weighted by atomic mass is 19.3. The average molecular weight is 360 g/mol. The van der Waals surface area contributed by atoms with Gasteiger partial charge in [0.2, 0.25) is 5.78 Å². The number of aryl methyl sites for hydroxylation is 1. The number of hydrogen-bond donors (Lipinski definition) is 0. The molecule has 4 nitrogen and oxygen atoms in total. The number of carbonyl (C=O) groups excluding carboxylic acids is 2. The van der Waals surface area contributed by atoms with E-state index in [0.717, 1.165) is 5.56 Å². The van der Waals surface area contributed by atoms with Crippen molar-refractivity contribution in [3.63, 3.8) is 0 Å². The van der Waals surface area contributed by atoms with Crippen molar-refractivity contribution >= 4 is 17.8 Å². The molecule has 2 aromatic rings. The zero-order chi connectivity index (χ0) is 19.1. The summed E-state index contributed by atoms with van der Waals surface area (Å²) in [6, 6.07) is 12.7. The van der Waals surface area contributed by atoms with Crippen molar-refractivity contribution < 1.29 is 27.8 Å². The molecule has 0 aliphatic carbocycles. The van der Waals surface area contributed by atoms with E-state index in [2.05, 4.69) is 4.74 Å². The Labute approximate surface area is 150 Å². The van der Waals surface area contributed by atoms with Crippen LogP contribution in [0.4, 0.5) is 8.78 Å². The maximum Gasteiger partial charge on any atom is 0.387 e. The molecule has 0 saturated heterocycles. The fourth-order valence-corrected chi connectivity index (χ4v) is 2.14. The van der Waals surface area contributed by atoms with Crippen molar-refractivity contribution in [2.75, 3.05) is 0 Å². The van der Waals surface area contributed by atoms with Crippen LogP contribution in [0.15, 0.2) is 54.6 Å². The maximum absolute atomic E-state index is 12.2. The van der Waals surface area contributed by atoms with Crippen molar-refractivity contribution in [3.8, 4) is 5.75 Å². The van der Waals surface area contributed by atoms with Crippen LogP contribution in [-0.2, 0) is 9.53 Å². The first kappa shape index (κ1) is 19.3.